The normalized spacial score (nSPS) is 10.9. The van der Waals surface area contributed by atoms with Crippen LogP contribution in [0.4, 0.5) is 10.5 Å². The molecule has 2 rings (SSSR count). The molecule has 1 unspecified atom stereocenters. The maximum atomic E-state index is 12.8. The summed E-state index contributed by atoms with van der Waals surface area (Å²) in [6, 6.07) is 8.31. The van der Waals surface area contributed by atoms with Crippen LogP contribution in [-0.4, -0.2) is 45.8 Å². The number of hydrogen-bond donors (Lipinski definition) is 3. The highest BCUT2D eigenvalue weighted by Gasteiger charge is 2.24. The standard InChI is InChI=1S/C19H17N5O11S/c20-17(36)10-1-4-12(5-2-10)33-18(26)14-7-11(22-19(21)27)3-6-15(14)34-16(25)8-13(35-24(30)31)9-32-23(28)29/h1-7,13H,8-9H2,(H2,20,36)(H3,21,22,27). The zero-order chi connectivity index (χ0) is 26.8. The Morgan fingerprint density at radius 3 is 2.22 bits per heavy atom. The van der Waals surface area contributed by atoms with E-state index in [1.165, 1.54) is 30.3 Å². The van der Waals surface area contributed by atoms with E-state index >= 15 is 0 Å². The van der Waals surface area contributed by atoms with Crippen LogP contribution in [0.2, 0.25) is 0 Å². The number of urea groups is 1. The topological polar surface area (TPSA) is 238 Å². The molecule has 0 aromatic heterocycles. The molecule has 0 aliphatic heterocycles. The van der Waals surface area contributed by atoms with Crippen molar-refractivity contribution in [3.63, 3.8) is 0 Å². The molecule has 0 bridgehead atoms. The number of hydrogen-bond acceptors (Lipinski definition) is 12. The van der Waals surface area contributed by atoms with Gasteiger partial charge in [-0.15, -0.1) is 20.2 Å². The predicted molar refractivity (Wildman–Crippen MR) is 122 cm³/mol. The molecule has 0 aliphatic carbocycles. The van der Waals surface area contributed by atoms with Gasteiger partial charge in [0.15, 0.2) is 0 Å². The average molecular weight is 523 g/mol. The summed E-state index contributed by atoms with van der Waals surface area (Å²) in [6.07, 6.45) is -2.54. The average Bonchev–Trinajstić information content (AvgIpc) is 2.78. The lowest BCUT2D eigenvalue weighted by molar-refractivity contribution is -0.789. The van der Waals surface area contributed by atoms with Gasteiger partial charge in [-0.2, -0.15) is 0 Å². The minimum absolute atomic E-state index is 0.0482. The summed E-state index contributed by atoms with van der Waals surface area (Å²) in [5.74, 6) is -2.49. The first-order valence-corrected chi connectivity index (χ1v) is 9.97. The van der Waals surface area contributed by atoms with Gasteiger partial charge in [0.25, 0.3) is 10.2 Å². The van der Waals surface area contributed by atoms with Crippen LogP contribution in [0.1, 0.15) is 22.3 Å². The molecule has 0 saturated heterocycles. The SMILES string of the molecule is NC(=O)Nc1ccc(OC(=O)CC(CO[N+](=O)[O-])O[N+](=O)[O-])c(C(=O)Oc2ccc(C(N)=S)cc2)c1. The largest absolute Gasteiger partial charge is 0.426 e. The highest BCUT2D eigenvalue weighted by Crippen LogP contribution is 2.26. The number of esters is 2. The second kappa shape index (κ2) is 12.4. The van der Waals surface area contributed by atoms with Crippen LogP contribution < -0.4 is 26.3 Å². The second-order valence-corrected chi connectivity index (χ2v) is 7.07. The van der Waals surface area contributed by atoms with Crippen molar-refractivity contribution in [1.82, 2.24) is 0 Å². The van der Waals surface area contributed by atoms with Gasteiger partial charge >= 0.3 is 18.0 Å². The van der Waals surface area contributed by atoms with Crippen LogP contribution >= 0.6 is 12.2 Å². The molecule has 17 heteroatoms. The summed E-state index contributed by atoms with van der Waals surface area (Å²) >= 11 is 4.85. The number of nitrogens with two attached hydrogens (primary N) is 2. The number of carbonyl (C=O) groups is 3. The molecule has 0 heterocycles. The molecule has 16 nitrogen and oxygen atoms in total. The third kappa shape index (κ3) is 8.71. The Morgan fingerprint density at radius 2 is 1.67 bits per heavy atom. The lowest BCUT2D eigenvalue weighted by atomic mass is 10.1. The van der Waals surface area contributed by atoms with Crippen molar-refractivity contribution in [2.75, 3.05) is 11.9 Å². The first kappa shape index (κ1) is 27.2. The first-order chi connectivity index (χ1) is 16.9. The third-order valence-corrected chi connectivity index (χ3v) is 4.27. The molecule has 190 valence electrons. The number of nitrogens with one attached hydrogen (secondary N) is 1. The maximum Gasteiger partial charge on any atom is 0.347 e. The molecule has 0 aliphatic rings. The zero-order valence-corrected chi connectivity index (χ0v) is 18.8. The number of primary amides is 1. The number of thiocarbonyl (C=S) groups is 1. The van der Waals surface area contributed by atoms with Crippen LogP contribution in [0, 0.1) is 20.2 Å². The van der Waals surface area contributed by atoms with Crippen molar-refractivity contribution < 1.29 is 43.7 Å². The molecular formula is C19H17N5O11S. The van der Waals surface area contributed by atoms with E-state index in [1.807, 2.05) is 0 Å². The minimum Gasteiger partial charge on any atom is -0.426 e. The number of nitrogens with zero attached hydrogens (tertiary/aromatic N) is 2. The van der Waals surface area contributed by atoms with E-state index in [4.69, 9.17) is 33.2 Å². The molecular weight excluding hydrogens is 506 g/mol. The highest BCUT2D eigenvalue weighted by atomic mass is 32.1. The molecule has 0 spiro atoms. The summed E-state index contributed by atoms with van der Waals surface area (Å²) in [4.78, 5) is 65.5. The monoisotopic (exact) mass is 523 g/mol. The number of rotatable bonds is 12. The molecule has 0 radical (unpaired) electrons. The number of benzene rings is 2. The summed E-state index contributed by atoms with van der Waals surface area (Å²) in [5, 5.41) is 20.7. The van der Waals surface area contributed by atoms with Gasteiger partial charge in [0.2, 0.25) is 0 Å². The van der Waals surface area contributed by atoms with Gasteiger partial charge < -0.3 is 35.9 Å². The minimum atomic E-state index is -1.68. The first-order valence-electron chi connectivity index (χ1n) is 9.56. The zero-order valence-electron chi connectivity index (χ0n) is 18.0. The Bertz CT molecular complexity index is 1190. The summed E-state index contributed by atoms with van der Waals surface area (Å²) in [6.45, 7) is -0.943. The van der Waals surface area contributed by atoms with Gasteiger partial charge in [0.1, 0.15) is 34.8 Å². The Hall–Kier alpha value is -5.06. The fraction of sp³-hybridized carbons (Fsp3) is 0.158. The van der Waals surface area contributed by atoms with Crippen molar-refractivity contribution in [1.29, 1.82) is 0 Å². The second-order valence-electron chi connectivity index (χ2n) is 6.63. The van der Waals surface area contributed by atoms with E-state index in [9.17, 15) is 34.6 Å². The van der Waals surface area contributed by atoms with Crippen LogP contribution in [0.25, 0.3) is 0 Å². The summed E-state index contributed by atoms with van der Waals surface area (Å²) < 4.78 is 10.3. The van der Waals surface area contributed by atoms with Crippen LogP contribution in [0.3, 0.4) is 0 Å². The van der Waals surface area contributed by atoms with Crippen molar-refractivity contribution in [2.45, 2.75) is 12.5 Å². The number of ether oxygens (including phenoxy) is 2. The predicted octanol–water partition coefficient (Wildman–Crippen LogP) is 1.11. The summed E-state index contributed by atoms with van der Waals surface area (Å²) in [5.41, 5.74) is 10.8. The van der Waals surface area contributed by atoms with Crippen molar-refractivity contribution in [2.24, 2.45) is 11.5 Å². The smallest absolute Gasteiger partial charge is 0.347 e. The molecule has 2 amide bonds. The third-order valence-electron chi connectivity index (χ3n) is 4.04. The maximum absolute atomic E-state index is 12.8. The number of carbonyl (C=O) groups excluding carboxylic acids is 3. The molecule has 1 atom stereocenters. The van der Waals surface area contributed by atoms with Gasteiger partial charge in [-0.05, 0) is 42.5 Å². The van der Waals surface area contributed by atoms with Gasteiger partial charge in [-0.3, -0.25) is 4.79 Å². The van der Waals surface area contributed by atoms with Gasteiger partial charge in [0.05, 0.1) is 6.42 Å². The number of amides is 2. The van der Waals surface area contributed by atoms with E-state index in [1.54, 1.807) is 0 Å². The molecule has 0 fully saturated rings. The van der Waals surface area contributed by atoms with Crippen LogP contribution in [-0.2, 0) is 14.5 Å². The van der Waals surface area contributed by atoms with E-state index in [0.717, 1.165) is 12.1 Å². The van der Waals surface area contributed by atoms with Gasteiger partial charge in [0, 0.05) is 11.3 Å². The van der Waals surface area contributed by atoms with Crippen LogP contribution in [0.15, 0.2) is 42.5 Å². The lowest BCUT2D eigenvalue weighted by Crippen LogP contribution is -2.29. The molecule has 2 aromatic rings. The highest BCUT2D eigenvalue weighted by molar-refractivity contribution is 7.80. The quantitative estimate of drug-likeness (QED) is 0.116. The van der Waals surface area contributed by atoms with Crippen molar-refractivity contribution >= 4 is 40.9 Å². The van der Waals surface area contributed by atoms with E-state index in [0.29, 0.717) is 5.56 Å². The Morgan fingerprint density at radius 1 is 1.00 bits per heavy atom. The molecule has 2 aromatic carbocycles. The molecule has 36 heavy (non-hydrogen) atoms. The van der Waals surface area contributed by atoms with E-state index < -0.39 is 47.3 Å². The molecule has 0 saturated carbocycles. The van der Waals surface area contributed by atoms with Crippen molar-refractivity contribution in [3.8, 4) is 11.5 Å². The molecule has 5 N–H and O–H groups in total. The van der Waals surface area contributed by atoms with Gasteiger partial charge in [-0.25, -0.2) is 9.59 Å². The Balaban J connectivity index is 2.25. The fourth-order valence-corrected chi connectivity index (χ4v) is 2.73. The van der Waals surface area contributed by atoms with E-state index in [2.05, 4.69) is 15.0 Å². The fourth-order valence-electron chi connectivity index (χ4n) is 2.59. The van der Waals surface area contributed by atoms with E-state index in [-0.39, 0.29) is 27.7 Å². The van der Waals surface area contributed by atoms with Gasteiger partial charge in [-0.1, -0.05) is 12.2 Å². The van der Waals surface area contributed by atoms with Crippen LogP contribution in [0.5, 0.6) is 11.5 Å². The summed E-state index contributed by atoms with van der Waals surface area (Å²) in [7, 11) is 0. The number of anilines is 1. The lowest BCUT2D eigenvalue weighted by Gasteiger charge is -2.15. The van der Waals surface area contributed by atoms with Crippen molar-refractivity contribution in [3.05, 3.63) is 73.8 Å². The Labute approximate surface area is 206 Å². The Kier molecular flexibility index (Phi) is 9.38.